The molecule has 0 saturated carbocycles. The van der Waals surface area contributed by atoms with E-state index in [2.05, 4.69) is 0 Å². The van der Waals surface area contributed by atoms with Crippen molar-refractivity contribution in [2.75, 3.05) is 13.1 Å². The maximum absolute atomic E-state index is 12.9. The zero-order valence-corrected chi connectivity index (χ0v) is 14.5. The van der Waals surface area contributed by atoms with Crippen molar-refractivity contribution in [2.24, 2.45) is 11.5 Å². The van der Waals surface area contributed by atoms with Crippen molar-refractivity contribution in [3.8, 4) is 0 Å². The molecule has 0 aromatic rings. The van der Waals surface area contributed by atoms with Crippen LogP contribution in [0.15, 0.2) is 0 Å². The van der Waals surface area contributed by atoms with Crippen LogP contribution in [-0.2, 0) is 19.2 Å². The van der Waals surface area contributed by atoms with E-state index in [9.17, 15) is 19.2 Å². The van der Waals surface area contributed by atoms with Crippen LogP contribution in [0.4, 0.5) is 0 Å². The monoisotopic (exact) mass is 340 g/mol. The number of hydrogen-bond acceptors (Lipinski definition) is 4. The quantitative estimate of drug-likeness (QED) is 0.568. The lowest BCUT2D eigenvalue weighted by molar-refractivity contribution is -0.162. The highest BCUT2D eigenvalue weighted by molar-refractivity contribution is 5.97. The van der Waals surface area contributed by atoms with Gasteiger partial charge in [-0.3, -0.25) is 19.2 Å². The van der Waals surface area contributed by atoms with Crippen molar-refractivity contribution < 1.29 is 19.2 Å². The number of carbonyl (C=O) groups excluding carboxylic acids is 4. The largest absolute Gasteiger partial charge is 0.370 e. The van der Waals surface area contributed by atoms with E-state index in [0.717, 1.165) is 0 Å². The molecule has 0 radical (unpaired) electrons. The number of primary amides is 2. The van der Waals surface area contributed by atoms with E-state index in [0.29, 0.717) is 25.9 Å². The highest BCUT2D eigenvalue weighted by Crippen LogP contribution is 2.24. The van der Waals surface area contributed by atoms with Crippen molar-refractivity contribution in [1.29, 1.82) is 0 Å². The van der Waals surface area contributed by atoms with Crippen LogP contribution < -0.4 is 11.5 Å². The maximum atomic E-state index is 12.9. The van der Waals surface area contributed by atoms with Crippen molar-refractivity contribution in [3.05, 3.63) is 0 Å². The predicted molar refractivity (Wildman–Crippen MR) is 88.4 cm³/mol. The summed E-state index contributed by atoms with van der Waals surface area (Å²) in [6, 6.07) is -1.33. The van der Waals surface area contributed by atoms with Crippen LogP contribution in [0, 0.1) is 0 Å². The summed E-state index contributed by atoms with van der Waals surface area (Å²) < 4.78 is 0. The fraction of sp³-hybridized carbons (Fsp3) is 0.750. The normalized spacial score (nSPS) is 21.2. The van der Waals surface area contributed by atoms with Gasteiger partial charge in [-0.15, -0.1) is 0 Å². The van der Waals surface area contributed by atoms with Gasteiger partial charge in [0, 0.05) is 25.9 Å². The van der Waals surface area contributed by atoms with Crippen LogP contribution in [0.3, 0.4) is 0 Å². The van der Waals surface area contributed by atoms with Gasteiger partial charge in [-0.2, -0.15) is 0 Å². The summed E-state index contributed by atoms with van der Waals surface area (Å²) in [4.78, 5) is 51.0. The van der Waals surface area contributed by atoms with Crippen LogP contribution in [0.2, 0.25) is 0 Å². The second kappa shape index (κ2) is 9.24. The van der Waals surface area contributed by atoms with Crippen molar-refractivity contribution in [3.63, 3.8) is 0 Å². The number of nitrogens with two attached hydrogens (primary N) is 2. The molecule has 0 aliphatic carbocycles. The first-order valence-electron chi connectivity index (χ1n) is 8.51. The lowest BCUT2D eigenvalue weighted by Crippen LogP contribution is -2.65. The molecule has 4 N–H and O–H groups in total. The van der Waals surface area contributed by atoms with Crippen molar-refractivity contribution in [1.82, 2.24) is 9.80 Å². The summed E-state index contributed by atoms with van der Waals surface area (Å²) in [6.07, 6.45) is 1.95. The van der Waals surface area contributed by atoms with Gasteiger partial charge in [0.1, 0.15) is 12.1 Å². The van der Waals surface area contributed by atoms with E-state index in [1.54, 1.807) is 0 Å². The summed E-state index contributed by atoms with van der Waals surface area (Å²) in [5.74, 6) is -1.35. The number of nitrogens with zero attached hydrogens (tertiary/aromatic N) is 2. The average Bonchev–Trinajstić information content (AvgIpc) is 2.51. The minimum atomic E-state index is -0.665. The summed E-state index contributed by atoms with van der Waals surface area (Å²) in [6.45, 7) is 4.70. The van der Waals surface area contributed by atoms with E-state index in [1.807, 2.05) is 13.8 Å². The van der Waals surface area contributed by atoms with Crippen LogP contribution in [0.25, 0.3) is 0 Å². The van der Waals surface area contributed by atoms with Gasteiger partial charge < -0.3 is 21.3 Å². The Bertz CT molecular complexity index is 450. The smallest absolute Gasteiger partial charge is 0.246 e. The first-order valence-corrected chi connectivity index (χ1v) is 8.51. The average molecular weight is 340 g/mol. The molecule has 1 heterocycles. The second-order valence-corrected chi connectivity index (χ2v) is 6.10. The molecule has 24 heavy (non-hydrogen) atoms. The van der Waals surface area contributed by atoms with Gasteiger partial charge in [-0.1, -0.05) is 13.8 Å². The first-order chi connectivity index (χ1) is 11.3. The minimum Gasteiger partial charge on any atom is -0.370 e. The Balaban J connectivity index is 3.06. The van der Waals surface area contributed by atoms with Gasteiger partial charge >= 0.3 is 0 Å². The Morgan fingerprint density at radius 2 is 1.17 bits per heavy atom. The lowest BCUT2D eigenvalue weighted by atomic mass is 9.96. The highest BCUT2D eigenvalue weighted by Gasteiger charge is 2.44. The third kappa shape index (κ3) is 4.94. The molecule has 8 nitrogen and oxygen atoms in total. The fourth-order valence-electron chi connectivity index (χ4n) is 3.09. The molecule has 8 heteroatoms. The Hall–Kier alpha value is -2.12. The van der Waals surface area contributed by atoms with Gasteiger partial charge in [0.15, 0.2) is 0 Å². The Morgan fingerprint density at radius 3 is 1.42 bits per heavy atom. The SMILES string of the molecule is CCCN1C(=O)C(CCC(N)=O)N(CCC)C(=O)C1CCC(N)=O. The standard InChI is InChI=1S/C16H28N4O4/c1-3-9-19-11(5-7-13(17)21)16(24)20(10-4-2)12(15(19)23)6-8-14(18)22/h11-12H,3-10H2,1-2H3,(H2,17,21)(H2,18,22). The fourth-order valence-corrected chi connectivity index (χ4v) is 3.09. The number of amides is 4. The Labute approximate surface area is 142 Å². The summed E-state index contributed by atoms with van der Waals surface area (Å²) in [5.41, 5.74) is 10.4. The number of hydrogen-bond donors (Lipinski definition) is 2. The zero-order valence-electron chi connectivity index (χ0n) is 14.5. The molecule has 0 aromatic carbocycles. The third-order valence-corrected chi connectivity index (χ3v) is 4.15. The van der Waals surface area contributed by atoms with Crippen LogP contribution in [-0.4, -0.2) is 58.6 Å². The molecule has 0 bridgehead atoms. The minimum absolute atomic E-state index is 0.0514. The maximum Gasteiger partial charge on any atom is 0.246 e. The predicted octanol–water partition coefficient (Wildman–Crippen LogP) is -0.255. The first kappa shape index (κ1) is 19.9. The Kier molecular flexibility index (Phi) is 7.67. The molecule has 0 spiro atoms. The summed E-state index contributed by atoms with van der Waals surface area (Å²) in [7, 11) is 0. The van der Waals surface area contributed by atoms with E-state index in [4.69, 9.17) is 11.5 Å². The van der Waals surface area contributed by atoms with Crippen LogP contribution in [0.5, 0.6) is 0 Å². The van der Waals surface area contributed by atoms with Gasteiger partial charge in [0.05, 0.1) is 0 Å². The second-order valence-electron chi connectivity index (χ2n) is 6.10. The molecule has 136 valence electrons. The number of carbonyl (C=O) groups is 4. The molecule has 1 saturated heterocycles. The molecule has 1 fully saturated rings. The number of rotatable bonds is 10. The molecule has 1 rings (SSSR count). The molecule has 1 aliphatic rings. The van der Waals surface area contributed by atoms with E-state index in [-0.39, 0.29) is 37.5 Å². The lowest BCUT2D eigenvalue weighted by Gasteiger charge is -2.45. The summed E-state index contributed by atoms with van der Waals surface area (Å²) >= 11 is 0. The van der Waals surface area contributed by atoms with Crippen molar-refractivity contribution in [2.45, 2.75) is 64.5 Å². The molecular weight excluding hydrogens is 312 g/mol. The molecule has 2 unspecified atom stereocenters. The molecule has 0 aromatic heterocycles. The topological polar surface area (TPSA) is 127 Å². The van der Waals surface area contributed by atoms with Gasteiger partial charge in [0.25, 0.3) is 0 Å². The third-order valence-electron chi connectivity index (χ3n) is 4.15. The Morgan fingerprint density at radius 1 is 0.833 bits per heavy atom. The van der Waals surface area contributed by atoms with Crippen molar-refractivity contribution >= 4 is 23.6 Å². The number of piperazine rings is 1. The van der Waals surface area contributed by atoms with Gasteiger partial charge in [-0.25, -0.2) is 0 Å². The molecule has 1 aliphatic heterocycles. The molecule has 4 amide bonds. The van der Waals surface area contributed by atoms with Gasteiger partial charge in [-0.05, 0) is 25.7 Å². The van der Waals surface area contributed by atoms with Crippen LogP contribution >= 0.6 is 0 Å². The molecular formula is C16H28N4O4. The van der Waals surface area contributed by atoms with E-state index < -0.39 is 23.9 Å². The summed E-state index contributed by atoms with van der Waals surface area (Å²) in [5, 5.41) is 0. The van der Waals surface area contributed by atoms with E-state index >= 15 is 0 Å². The van der Waals surface area contributed by atoms with Crippen LogP contribution in [0.1, 0.15) is 52.4 Å². The highest BCUT2D eigenvalue weighted by atomic mass is 16.2. The zero-order chi connectivity index (χ0) is 18.3. The van der Waals surface area contributed by atoms with E-state index in [1.165, 1.54) is 9.80 Å². The van der Waals surface area contributed by atoms with Gasteiger partial charge in [0.2, 0.25) is 23.6 Å². The molecule has 2 atom stereocenters.